The maximum atomic E-state index is 12.3. The number of hydrogen-bond acceptors (Lipinski definition) is 3. The zero-order chi connectivity index (χ0) is 10.8. The highest BCUT2D eigenvalue weighted by atomic mass is 16.7. The van der Waals surface area contributed by atoms with Crippen LogP contribution in [0, 0.1) is 23.7 Å². The number of Topliss-reactive ketones (excluding diaryl/α,β-unsaturated/α-hetero) is 1. The van der Waals surface area contributed by atoms with Gasteiger partial charge in [0.15, 0.2) is 5.78 Å². The first-order chi connectivity index (χ1) is 7.12. The zero-order valence-electron chi connectivity index (χ0n) is 9.32. The number of allylic oxidation sites excluding steroid dienone is 1. The summed E-state index contributed by atoms with van der Waals surface area (Å²) >= 11 is 0. The predicted molar refractivity (Wildman–Crippen MR) is 54.1 cm³/mol. The zero-order valence-corrected chi connectivity index (χ0v) is 9.32. The van der Waals surface area contributed by atoms with Crippen molar-refractivity contribution in [2.45, 2.75) is 19.6 Å². The van der Waals surface area contributed by atoms with Gasteiger partial charge < -0.3 is 9.47 Å². The van der Waals surface area contributed by atoms with E-state index >= 15 is 0 Å². The Kier molecular flexibility index (Phi) is 1.73. The Morgan fingerprint density at radius 2 is 2.33 bits per heavy atom. The van der Waals surface area contributed by atoms with E-state index in [0.717, 1.165) is 0 Å². The van der Waals surface area contributed by atoms with E-state index in [1.165, 1.54) is 5.57 Å². The smallest absolute Gasteiger partial charge is 0.236 e. The summed E-state index contributed by atoms with van der Waals surface area (Å²) in [5.74, 6) is 0.199. The molecule has 3 nitrogen and oxygen atoms in total. The Bertz CT molecular complexity index is 360. The quantitative estimate of drug-likeness (QED) is 0.611. The molecule has 4 aliphatic rings. The van der Waals surface area contributed by atoms with Gasteiger partial charge in [0.2, 0.25) is 5.79 Å². The number of ether oxygens (including phenoxy) is 2. The van der Waals surface area contributed by atoms with Crippen LogP contribution in [-0.4, -0.2) is 25.3 Å². The van der Waals surface area contributed by atoms with E-state index < -0.39 is 5.79 Å². The Balaban J connectivity index is 2.17. The van der Waals surface area contributed by atoms with Gasteiger partial charge in [-0.25, -0.2) is 0 Å². The lowest BCUT2D eigenvalue weighted by atomic mass is 9.58. The highest BCUT2D eigenvalue weighted by Crippen LogP contribution is 2.56. The summed E-state index contributed by atoms with van der Waals surface area (Å²) < 4.78 is 11.1. The second-order valence-electron chi connectivity index (χ2n) is 4.98. The molecule has 15 heavy (non-hydrogen) atoms. The minimum Gasteiger partial charge on any atom is -0.347 e. The third kappa shape index (κ3) is 0.871. The molecule has 1 aliphatic heterocycles. The monoisotopic (exact) mass is 208 g/mol. The van der Waals surface area contributed by atoms with E-state index in [4.69, 9.17) is 9.47 Å². The van der Waals surface area contributed by atoms with Crippen molar-refractivity contribution in [1.82, 2.24) is 0 Å². The second kappa shape index (κ2) is 2.71. The average molecular weight is 208 g/mol. The molecule has 0 aromatic rings. The first-order valence-corrected chi connectivity index (χ1v) is 5.53. The molecular weight excluding hydrogens is 192 g/mol. The lowest BCUT2D eigenvalue weighted by Crippen LogP contribution is -2.58. The van der Waals surface area contributed by atoms with Crippen LogP contribution >= 0.6 is 0 Å². The van der Waals surface area contributed by atoms with Gasteiger partial charge in [-0.3, -0.25) is 4.79 Å². The molecule has 3 heteroatoms. The topological polar surface area (TPSA) is 35.5 Å². The van der Waals surface area contributed by atoms with Gasteiger partial charge in [0, 0.05) is 18.9 Å². The third-order valence-corrected chi connectivity index (χ3v) is 4.45. The second-order valence-corrected chi connectivity index (χ2v) is 4.98. The first kappa shape index (κ1) is 9.55. The summed E-state index contributed by atoms with van der Waals surface area (Å²) in [7, 11) is 1.58. The number of ketones is 1. The van der Waals surface area contributed by atoms with Crippen molar-refractivity contribution in [3.8, 4) is 0 Å². The first-order valence-electron chi connectivity index (χ1n) is 5.53. The summed E-state index contributed by atoms with van der Waals surface area (Å²) in [5, 5.41) is 0. The average Bonchev–Trinajstić information content (AvgIpc) is 2.53. The van der Waals surface area contributed by atoms with Crippen molar-refractivity contribution in [2.24, 2.45) is 23.7 Å². The van der Waals surface area contributed by atoms with Crippen LogP contribution < -0.4 is 0 Å². The van der Waals surface area contributed by atoms with E-state index in [2.05, 4.69) is 13.0 Å². The van der Waals surface area contributed by atoms with Crippen LogP contribution in [0.5, 0.6) is 0 Å². The standard InChI is InChI=1S/C12H16O3/c1-6-4-9-8-5-15-12(9,14-3)11(13)10(6)7(8)2/h4,7-10H,5H2,1-3H3/t7-,8-,9-,10+,12-/m0/s1. The van der Waals surface area contributed by atoms with E-state index in [9.17, 15) is 4.79 Å². The fourth-order valence-corrected chi connectivity index (χ4v) is 3.66. The maximum absolute atomic E-state index is 12.3. The molecule has 82 valence electrons. The van der Waals surface area contributed by atoms with Crippen LogP contribution in [0.4, 0.5) is 0 Å². The highest BCUT2D eigenvalue weighted by Gasteiger charge is 2.66. The Hall–Kier alpha value is -0.670. The molecule has 0 radical (unpaired) electrons. The highest BCUT2D eigenvalue weighted by molar-refractivity contribution is 5.94. The van der Waals surface area contributed by atoms with Crippen LogP contribution in [0.25, 0.3) is 0 Å². The minimum atomic E-state index is -0.943. The van der Waals surface area contributed by atoms with Crippen molar-refractivity contribution in [2.75, 3.05) is 13.7 Å². The Morgan fingerprint density at radius 3 is 3.00 bits per heavy atom. The van der Waals surface area contributed by atoms with Gasteiger partial charge in [0.25, 0.3) is 0 Å². The summed E-state index contributed by atoms with van der Waals surface area (Å²) in [6.45, 7) is 4.86. The van der Waals surface area contributed by atoms with Gasteiger partial charge in [0.05, 0.1) is 6.61 Å². The lowest BCUT2D eigenvalue weighted by Gasteiger charge is -2.47. The van der Waals surface area contributed by atoms with Crippen LogP contribution in [0.2, 0.25) is 0 Å². The van der Waals surface area contributed by atoms with Gasteiger partial charge in [-0.1, -0.05) is 18.6 Å². The number of rotatable bonds is 1. The normalized spacial score (nSPS) is 52.2. The number of carbonyl (C=O) groups is 1. The molecule has 4 bridgehead atoms. The van der Waals surface area contributed by atoms with E-state index in [1.807, 2.05) is 6.92 Å². The van der Waals surface area contributed by atoms with Gasteiger partial charge in [0.1, 0.15) is 0 Å². The number of hydrogen-bond donors (Lipinski definition) is 0. The van der Waals surface area contributed by atoms with E-state index in [-0.39, 0.29) is 17.6 Å². The molecule has 5 atom stereocenters. The molecule has 0 amide bonds. The van der Waals surface area contributed by atoms with Gasteiger partial charge in [-0.15, -0.1) is 0 Å². The fourth-order valence-electron chi connectivity index (χ4n) is 3.66. The van der Waals surface area contributed by atoms with Crippen LogP contribution in [0.3, 0.4) is 0 Å². The molecule has 0 aromatic carbocycles. The Labute approximate surface area is 89.4 Å². The molecule has 0 N–H and O–H groups in total. The molecule has 0 unspecified atom stereocenters. The number of carbonyl (C=O) groups excluding carboxylic acids is 1. The molecule has 1 saturated heterocycles. The van der Waals surface area contributed by atoms with Gasteiger partial charge in [-0.05, 0) is 18.8 Å². The summed E-state index contributed by atoms with van der Waals surface area (Å²) in [6, 6.07) is 0. The van der Waals surface area contributed by atoms with Crippen molar-refractivity contribution in [3.63, 3.8) is 0 Å². The summed E-state index contributed by atoms with van der Waals surface area (Å²) in [5.41, 5.74) is 1.20. The van der Waals surface area contributed by atoms with Crippen LogP contribution in [-0.2, 0) is 14.3 Å². The molecule has 0 aromatic heterocycles. The SMILES string of the molecule is CO[C@@]12OC[C@H]3[C@H](C)[C@H](C1=O)C(C)=C[C@@H]32. The number of methoxy groups -OCH3 is 1. The molecule has 2 fully saturated rings. The lowest BCUT2D eigenvalue weighted by molar-refractivity contribution is -0.217. The molecule has 4 rings (SSSR count). The fraction of sp³-hybridized carbons (Fsp3) is 0.750. The van der Waals surface area contributed by atoms with Crippen LogP contribution in [0.1, 0.15) is 13.8 Å². The minimum absolute atomic E-state index is 0.0162. The largest absolute Gasteiger partial charge is 0.347 e. The van der Waals surface area contributed by atoms with Gasteiger partial charge >= 0.3 is 0 Å². The van der Waals surface area contributed by atoms with Crippen molar-refractivity contribution in [1.29, 1.82) is 0 Å². The maximum Gasteiger partial charge on any atom is 0.236 e. The predicted octanol–water partition coefficient (Wildman–Crippen LogP) is 1.39. The molecule has 0 spiro atoms. The van der Waals surface area contributed by atoms with Crippen molar-refractivity contribution in [3.05, 3.63) is 11.6 Å². The van der Waals surface area contributed by atoms with E-state index in [1.54, 1.807) is 7.11 Å². The van der Waals surface area contributed by atoms with Gasteiger partial charge in [-0.2, -0.15) is 0 Å². The van der Waals surface area contributed by atoms with Crippen molar-refractivity contribution < 1.29 is 14.3 Å². The Morgan fingerprint density at radius 1 is 1.60 bits per heavy atom. The molecular formula is C12H16O3. The molecule has 1 saturated carbocycles. The molecule has 3 aliphatic carbocycles. The van der Waals surface area contributed by atoms with Crippen LogP contribution in [0.15, 0.2) is 11.6 Å². The summed E-state index contributed by atoms with van der Waals surface area (Å²) in [6.07, 6.45) is 2.19. The van der Waals surface area contributed by atoms with Crippen molar-refractivity contribution >= 4 is 5.78 Å². The third-order valence-electron chi connectivity index (χ3n) is 4.45. The summed E-state index contributed by atoms with van der Waals surface area (Å²) in [4.78, 5) is 12.3. The van der Waals surface area contributed by atoms with E-state index in [0.29, 0.717) is 18.4 Å². The molecule has 1 heterocycles.